The molecule has 0 spiro atoms. The Kier molecular flexibility index (Phi) is 7.17. The van der Waals surface area contributed by atoms with Crippen LogP contribution in [0.4, 0.5) is 8.78 Å². The Labute approximate surface area is 260 Å². The average molecular weight is 627 g/mol. The smallest absolute Gasteiger partial charge is 0.246 e. The number of amides is 1. The van der Waals surface area contributed by atoms with E-state index in [0.717, 1.165) is 39.7 Å². The Morgan fingerprint density at radius 1 is 1.18 bits per heavy atom. The third-order valence-electron chi connectivity index (χ3n) is 8.11. The fourth-order valence-corrected chi connectivity index (χ4v) is 6.91. The van der Waals surface area contributed by atoms with Gasteiger partial charge in [-0.15, -0.1) is 11.3 Å². The summed E-state index contributed by atoms with van der Waals surface area (Å²) in [5.41, 5.74) is 4.47. The van der Waals surface area contributed by atoms with Crippen LogP contribution in [-0.2, 0) is 24.9 Å². The molecule has 0 bridgehead atoms. The van der Waals surface area contributed by atoms with Gasteiger partial charge in [-0.3, -0.25) is 14.2 Å². The molecular weight excluding hydrogens is 598 g/mol. The molecule has 45 heavy (non-hydrogen) atoms. The summed E-state index contributed by atoms with van der Waals surface area (Å²) in [4.78, 5) is 19.5. The Hall–Kier alpha value is -4.94. The molecule has 5 heterocycles. The minimum Gasteiger partial charge on any atom is -0.490 e. The molecule has 0 radical (unpaired) electrons. The predicted octanol–water partition coefficient (Wildman–Crippen LogP) is 5.95. The highest BCUT2D eigenvalue weighted by Gasteiger charge is 2.30. The summed E-state index contributed by atoms with van der Waals surface area (Å²) in [6.45, 7) is 5.85. The summed E-state index contributed by atoms with van der Waals surface area (Å²) in [7, 11) is 1.87. The number of hydrogen-bond donors (Lipinski definition) is 1. The molecule has 1 atom stereocenters. The van der Waals surface area contributed by atoms with Crippen LogP contribution in [0.15, 0.2) is 66.7 Å². The Morgan fingerprint density at radius 3 is 2.82 bits per heavy atom. The van der Waals surface area contributed by atoms with Crippen LogP contribution in [-0.4, -0.2) is 59.7 Å². The zero-order chi connectivity index (χ0) is 31.4. The fourth-order valence-electron chi connectivity index (χ4n) is 5.96. The number of ether oxygens (including phenoxy) is 1. The van der Waals surface area contributed by atoms with Gasteiger partial charge in [0.05, 0.1) is 48.4 Å². The van der Waals surface area contributed by atoms with E-state index < -0.39 is 11.6 Å². The molecule has 4 aromatic heterocycles. The van der Waals surface area contributed by atoms with E-state index in [1.807, 2.05) is 54.4 Å². The van der Waals surface area contributed by atoms with Crippen molar-refractivity contribution < 1.29 is 23.4 Å². The summed E-state index contributed by atoms with van der Waals surface area (Å²) in [6.07, 6.45) is 3.09. The van der Waals surface area contributed by atoms with Crippen LogP contribution in [0.5, 0.6) is 5.75 Å². The maximum atomic E-state index is 15.9. The molecule has 6 aromatic rings. The molecular formula is C33H28F2N6O3S. The quantitative estimate of drug-likeness (QED) is 0.220. The molecule has 0 aliphatic carbocycles. The topological polar surface area (TPSA) is 98.3 Å². The second-order valence-electron chi connectivity index (χ2n) is 10.9. The largest absolute Gasteiger partial charge is 0.490 e. The van der Waals surface area contributed by atoms with Crippen molar-refractivity contribution in [3.63, 3.8) is 0 Å². The fraction of sp³-hybridized carbons (Fsp3) is 0.212. The van der Waals surface area contributed by atoms with Crippen LogP contribution < -0.4 is 4.74 Å². The first-order valence-electron chi connectivity index (χ1n) is 14.3. The number of carbonyl (C=O) groups is 1. The third-order valence-corrected chi connectivity index (χ3v) is 9.05. The van der Waals surface area contributed by atoms with Gasteiger partial charge in [-0.2, -0.15) is 10.2 Å². The molecule has 0 unspecified atom stereocenters. The number of rotatable bonds is 7. The third kappa shape index (κ3) is 4.86. The SMILES string of the molecule is C=CC(=O)N1Cc2cc(-c3nc(-c4ccc5cnn(C)c5c4)c4ccsc4c3-c3c(F)cc(F)cc3OCCO)nn2C[C@H]1C. The lowest BCUT2D eigenvalue weighted by Gasteiger charge is -2.33. The summed E-state index contributed by atoms with van der Waals surface area (Å²) in [5.74, 6) is -1.86. The first-order chi connectivity index (χ1) is 21.8. The number of halogens is 2. The van der Waals surface area contributed by atoms with Crippen molar-refractivity contribution in [2.45, 2.75) is 26.1 Å². The van der Waals surface area contributed by atoms with Gasteiger partial charge < -0.3 is 14.7 Å². The first-order valence-corrected chi connectivity index (χ1v) is 15.2. The Balaban J connectivity index is 1.51. The number of benzene rings is 2. The number of aromatic nitrogens is 5. The molecule has 1 aliphatic heterocycles. The summed E-state index contributed by atoms with van der Waals surface area (Å²) in [5, 5.41) is 22.4. The standard InChI is InChI=1S/C33H28F2N6O3S/c1-4-28(43)40-17-22-14-25(38-41(22)16-18(40)2)32-30(29-24(35)12-21(34)13-27(29)44-9-8-42)33-23(7-10-45-33)31(37-32)19-5-6-20-15-36-39(3)26(20)11-19/h4-7,10-15,18,42H,1,8-9,16-17H2,2-3H3/t18-/m1/s1. The van der Waals surface area contributed by atoms with Gasteiger partial charge in [0.1, 0.15) is 35.4 Å². The molecule has 228 valence electrons. The highest BCUT2D eigenvalue weighted by atomic mass is 32.1. The van der Waals surface area contributed by atoms with Gasteiger partial charge in [0.2, 0.25) is 5.91 Å². The zero-order valence-electron chi connectivity index (χ0n) is 24.5. The van der Waals surface area contributed by atoms with Gasteiger partial charge in [0.25, 0.3) is 0 Å². The number of fused-ring (bicyclic) bond motifs is 3. The van der Waals surface area contributed by atoms with Gasteiger partial charge in [0, 0.05) is 51.8 Å². The normalized spacial score (nSPS) is 14.7. The van der Waals surface area contributed by atoms with E-state index in [4.69, 9.17) is 14.8 Å². The number of aryl methyl sites for hydroxylation is 1. The molecule has 1 N–H and O–H groups in total. The van der Waals surface area contributed by atoms with Crippen LogP contribution in [0.3, 0.4) is 0 Å². The second-order valence-corrected chi connectivity index (χ2v) is 11.9. The molecule has 12 heteroatoms. The second kappa shape index (κ2) is 11.2. The molecule has 0 fully saturated rings. The van der Waals surface area contributed by atoms with E-state index in [1.54, 1.807) is 15.8 Å². The summed E-state index contributed by atoms with van der Waals surface area (Å²) < 4.78 is 40.5. The highest BCUT2D eigenvalue weighted by molar-refractivity contribution is 7.18. The van der Waals surface area contributed by atoms with E-state index in [1.165, 1.54) is 17.4 Å². The number of aliphatic hydroxyl groups is 1. The highest BCUT2D eigenvalue weighted by Crippen LogP contribution is 2.47. The lowest BCUT2D eigenvalue weighted by atomic mass is 9.96. The zero-order valence-corrected chi connectivity index (χ0v) is 25.3. The molecule has 7 rings (SSSR count). The van der Waals surface area contributed by atoms with Crippen LogP contribution in [0.2, 0.25) is 0 Å². The van der Waals surface area contributed by atoms with Crippen molar-refractivity contribution in [1.82, 2.24) is 29.4 Å². The molecule has 0 saturated carbocycles. The van der Waals surface area contributed by atoms with E-state index >= 15 is 4.39 Å². The maximum Gasteiger partial charge on any atom is 0.246 e. The number of carbonyl (C=O) groups excluding carboxylic acids is 1. The van der Waals surface area contributed by atoms with E-state index in [-0.39, 0.29) is 36.5 Å². The van der Waals surface area contributed by atoms with Crippen molar-refractivity contribution in [2.24, 2.45) is 7.05 Å². The van der Waals surface area contributed by atoms with E-state index in [0.29, 0.717) is 40.4 Å². The van der Waals surface area contributed by atoms with Crippen LogP contribution >= 0.6 is 11.3 Å². The number of nitrogens with zero attached hydrogens (tertiary/aromatic N) is 6. The van der Waals surface area contributed by atoms with E-state index in [9.17, 15) is 14.3 Å². The molecule has 0 saturated heterocycles. The minimum absolute atomic E-state index is 0.0243. The number of pyridine rings is 1. The first kappa shape index (κ1) is 28.8. The minimum atomic E-state index is -0.829. The molecule has 1 aliphatic rings. The van der Waals surface area contributed by atoms with Crippen molar-refractivity contribution in [3.05, 3.63) is 84.0 Å². The van der Waals surface area contributed by atoms with Crippen LogP contribution in [0.25, 0.3) is 54.8 Å². The lowest BCUT2D eigenvalue weighted by molar-refractivity contribution is -0.129. The maximum absolute atomic E-state index is 15.9. The van der Waals surface area contributed by atoms with Crippen molar-refractivity contribution in [3.8, 4) is 39.5 Å². The average Bonchev–Trinajstić information content (AvgIpc) is 3.77. The van der Waals surface area contributed by atoms with Gasteiger partial charge in [-0.1, -0.05) is 18.7 Å². The number of thiophene rings is 1. The molecule has 9 nitrogen and oxygen atoms in total. The summed E-state index contributed by atoms with van der Waals surface area (Å²) >= 11 is 1.40. The Morgan fingerprint density at radius 2 is 2.02 bits per heavy atom. The lowest BCUT2D eigenvalue weighted by Crippen LogP contribution is -2.44. The summed E-state index contributed by atoms with van der Waals surface area (Å²) in [6, 6.07) is 11.5. The Bertz CT molecular complexity index is 2130. The van der Waals surface area contributed by atoms with E-state index in [2.05, 4.69) is 11.7 Å². The van der Waals surface area contributed by atoms with Gasteiger partial charge in [-0.25, -0.2) is 13.8 Å². The van der Waals surface area contributed by atoms with Gasteiger partial charge in [-0.05, 0) is 36.6 Å². The van der Waals surface area contributed by atoms with Crippen molar-refractivity contribution in [2.75, 3.05) is 13.2 Å². The number of aliphatic hydroxyl groups excluding tert-OH is 1. The van der Waals surface area contributed by atoms with Crippen molar-refractivity contribution >= 4 is 38.2 Å². The van der Waals surface area contributed by atoms with Crippen LogP contribution in [0.1, 0.15) is 12.6 Å². The number of hydrogen-bond acceptors (Lipinski definition) is 7. The monoisotopic (exact) mass is 626 g/mol. The van der Waals surface area contributed by atoms with Gasteiger partial charge >= 0.3 is 0 Å². The molecule has 1 amide bonds. The van der Waals surface area contributed by atoms with Crippen molar-refractivity contribution in [1.29, 1.82) is 0 Å². The molecule has 2 aromatic carbocycles. The van der Waals surface area contributed by atoms with Crippen LogP contribution in [0, 0.1) is 11.6 Å². The van der Waals surface area contributed by atoms with Gasteiger partial charge in [0.15, 0.2) is 0 Å². The predicted molar refractivity (Wildman–Crippen MR) is 169 cm³/mol.